The molecule has 1 fully saturated rings. The van der Waals surface area contributed by atoms with Crippen LogP contribution < -0.4 is 0 Å². The Morgan fingerprint density at radius 1 is 1.05 bits per heavy atom. The first-order chi connectivity index (χ1) is 9.25. The monoisotopic (exact) mass is 251 g/mol. The van der Waals surface area contributed by atoms with E-state index in [1.54, 1.807) is 4.90 Å². The third kappa shape index (κ3) is 1.38. The van der Waals surface area contributed by atoms with Gasteiger partial charge in [-0.1, -0.05) is 36.4 Å². The number of fused-ring (bicyclic) bond motifs is 4. The molecule has 0 saturated carbocycles. The molecule has 0 unspecified atom stereocenters. The summed E-state index contributed by atoms with van der Waals surface area (Å²) in [5.74, 6) is 0.217. The summed E-state index contributed by atoms with van der Waals surface area (Å²) >= 11 is 0. The maximum Gasteiger partial charge on any atom is 0.223 e. The lowest BCUT2D eigenvalue weighted by Gasteiger charge is -2.31. The molecular formula is C16H13NO2. The van der Waals surface area contributed by atoms with Crippen molar-refractivity contribution in [3.63, 3.8) is 0 Å². The Morgan fingerprint density at radius 3 is 2.79 bits per heavy atom. The SMILES string of the molecule is O=C1c2ccc3ccccc3c2CN2C(=O)CC[C@@H]12. The molecule has 2 aliphatic rings. The summed E-state index contributed by atoms with van der Waals surface area (Å²) in [4.78, 5) is 26.1. The van der Waals surface area contributed by atoms with Gasteiger partial charge in [0.25, 0.3) is 0 Å². The lowest BCUT2D eigenvalue weighted by atomic mass is 9.89. The second-order valence-corrected chi connectivity index (χ2v) is 5.25. The fourth-order valence-corrected chi connectivity index (χ4v) is 3.29. The third-order valence-corrected chi connectivity index (χ3v) is 4.27. The highest BCUT2D eigenvalue weighted by Gasteiger charge is 2.41. The van der Waals surface area contributed by atoms with Crippen LogP contribution in [-0.4, -0.2) is 22.6 Å². The molecule has 3 nitrogen and oxygen atoms in total. The summed E-state index contributed by atoms with van der Waals surface area (Å²) in [7, 11) is 0. The van der Waals surface area contributed by atoms with Crippen LogP contribution in [0.2, 0.25) is 0 Å². The number of carbonyl (C=O) groups is 2. The number of carbonyl (C=O) groups excluding carboxylic acids is 2. The number of amides is 1. The minimum Gasteiger partial charge on any atom is -0.328 e. The van der Waals surface area contributed by atoms with E-state index < -0.39 is 0 Å². The van der Waals surface area contributed by atoms with Crippen molar-refractivity contribution in [1.82, 2.24) is 4.90 Å². The minimum atomic E-state index is -0.221. The van der Waals surface area contributed by atoms with Crippen LogP contribution in [0.5, 0.6) is 0 Å². The Labute approximate surface area is 110 Å². The van der Waals surface area contributed by atoms with Crippen molar-refractivity contribution in [3.8, 4) is 0 Å². The number of ketones is 1. The van der Waals surface area contributed by atoms with Crippen LogP contribution in [0.1, 0.15) is 28.8 Å². The summed E-state index contributed by atoms with van der Waals surface area (Å²) in [5, 5.41) is 2.21. The molecule has 0 aliphatic carbocycles. The summed E-state index contributed by atoms with van der Waals surface area (Å²) < 4.78 is 0. The first-order valence-corrected chi connectivity index (χ1v) is 6.60. The average Bonchev–Trinajstić information content (AvgIpc) is 2.81. The number of hydrogen-bond donors (Lipinski definition) is 0. The highest BCUT2D eigenvalue weighted by Crippen LogP contribution is 2.34. The summed E-state index contributed by atoms with van der Waals surface area (Å²) in [6, 6.07) is 11.7. The number of benzene rings is 2. The van der Waals surface area contributed by atoms with E-state index in [0.717, 1.165) is 21.9 Å². The lowest BCUT2D eigenvalue weighted by molar-refractivity contribution is -0.129. The van der Waals surface area contributed by atoms with Gasteiger partial charge in [0, 0.05) is 18.5 Å². The van der Waals surface area contributed by atoms with Gasteiger partial charge < -0.3 is 4.90 Å². The van der Waals surface area contributed by atoms with Gasteiger partial charge >= 0.3 is 0 Å². The Hall–Kier alpha value is -2.16. The molecule has 4 rings (SSSR count). The van der Waals surface area contributed by atoms with Gasteiger partial charge in [-0.15, -0.1) is 0 Å². The fraction of sp³-hybridized carbons (Fsp3) is 0.250. The first-order valence-electron chi connectivity index (χ1n) is 6.60. The average molecular weight is 251 g/mol. The Kier molecular flexibility index (Phi) is 2.07. The highest BCUT2D eigenvalue weighted by molar-refractivity contribution is 6.09. The Balaban J connectivity index is 1.97. The van der Waals surface area contributed by atoms with Crippen LogP contribution in [0.4, 0.5) is 0 Å². The van der Waals surface area contributed by atoms with Crippen molar-refractivity contribution in [1.29, 1.82) is 0 Å². The van der Waals surface area contributed by atoms with Crippen LogP contribution in [0.3, 0.4) is 0 Å². The zero-order valence-corrected chi connectivity index (χ0v) is 10.4. The Morgan fingerprint density at radius 2 is 1.89 bits per heavy atom. The van der Waals surface area contributed by atoms with Crippen molar-refractivity contribution in [2.24, 2.45) is 0 Å². The second kappa shape index (κ2) is 3.67. The highest BCUT2D eigenvalue weighted by atomic mass is 16.2. The molecule has 19 heavy (non-hydrogen) atoms. The number of nitrogens with zero attached hydrogens (tertiary/aromatic N) is 1. The van der Waals surface area contributed by atoms with Gasteiger partial charge in [0.1, 0.15) is 0 Å². The Bertz CT molecular complexity index is 720. The van der Waals surface area contributed by atoms with Crippen molar-refractivity contribution in [2.75, 3.05) is 0 Å². The molecular weight excluding hydrogens is 238 g/mol. The quantitative estimate of drug-likeness (QED) is 0.721. The molecule has 0 N–H and O–H groups in total. The van der Waals surface area contributed by atoms with Crippen LogP contribution in [-0.2, 0) is 11.3 Å². The molecule has 2 aliphatic heterocycles. The standard InChI is InChI=1S/C16H13NO2/c18-15-8-7-14-16(19)12-6-5-10-3-1-2-4-11(10)13(12)9-17(14)15/h1-6,14H,7-9H2/t14-/m0/s1. The molecule has 1 saturated heterocycles. The second-order valence-electron chi connectivity index (χ2n) is 5.25. The molecule has 0 bridgehead atoms. The van der Waals surface area contributed by atoms with E-state index >= 15 is 0 Å². The smallest absolute Gasteiger partial charge is 0.223 e. The van der Waals surface area contributed by atoms with Crippen LogP contribution >= 0.6 is 0 Å². The van der Waals surface area contributed by atoms with E-state index in [1.807, 2.05) is 36.4 Å². The number of Topliss-reactive ketones (excluding diaryl/α,β-unsaturated/α-hetero) is 1. The van der Waals surface area contributed by atoms with Gasteiger partial charge in [-0.25, -0.2) is 0 Å². The van der Waals surface area contributed by atoms with Crippen molar-refractivity contribution < 1.29 is 9.59 Å². The summed E-state index contributed by atoms with van der Waals surface area (Å²) in [5.41, 5.74) is 1.81. The number of hydrogen-bond acceptors (Lipinski definition) is 2. The van der Waals surface area contributed by atoms with E-state index in [1.165, 1.54) is 0 Å². The van der Waals surface area contributed by atoms with Gasteiger partial charge in [-0.2, -0.15) is 0 Å². The molecule has 1 amide bonds. The molecule has 0 spiro atoms. The molecule has 1 atom stereocenters. The zero-order valence-electron chi connectivity index (χ0n) is 10.4. The molecule has 2 heterocycles. The van der Waals surface area contributed by atoms with Crippen molar-refractivity contribution >= 4 is 22.5 Å². The molecule has 3 heteroatoms. The van der Waals surface area contributed by atoms with E-state index in [4.69, 9.17) is 0 Å². The predicted octanol–water partition coefficient (Wildman–Crippen LogP) is 2.53. The van der Waals surface area contributed by atoms with Gasteiger partial charge in [-0.05, 0) is 22.8 Å². The molecule has 94 valence electrons. The van der Waals surface area contributed by atoms with Gasteiger partial charge in [-0.3, -0.25) is 9.59 Å². The van der Waals surface area contributed by atoms with E-state index in [9.17, 15) is 9.59 Å². The summed E-state index contributed by atoms with van der Waals surface area (Å²) in [6.45, 7) is 0.575. The van der Waals surface area contributed by atoms with Gasteiger partial charge in [0.15, 0.2) is 5.78 Å². The van der Waals surface area contributed by atoms with Crippen molar-refractivity contribution in [3.05, 3.63) is 47.5 Å². The fourth-order valence-electron chi connectivity index (χ4n) is 3.29. The number of rotatable bonds is 0. The van der Waals surface area contributed by atoms with Crippen molar-refractivity contribution in [2.45, 2.75) is 25.4 Å². The maximum atomic E-state index is 12.5. The van der Waals surface area contributed by atoms with Gasteiger partial charge in [0.05, 0.1) is 6.04 Å². The lowest BCUT2D eigenvalue weighted by Crippen LogP contribution is -2.42. The van der Waals surface area contributed by atoms with Crippen LogP contribution in [0, 0.1) is 0 Å². The maximum absolute atomic E-state index is 12.5. The third-order valence-electron chi connectivity index (χ3n) is 4.27. The normalized spacial score (nSPS) is 21.7. The topological polar surface area (TPSA) is 37.4 Å². The van der Waals surface area contributed by atoms with E-state index in [-0.39, 0.29) is 17.7 Å². The molecule has 0 aromatic heterocycles. The zero-order chi connectivity index (χ0) is 13.0. The van der Waals surface area contributed by atoms with Crippen LogP contribution in [0.15, 0.2) is 36.4 Å². The largest absolute Gasteiger partial charge is 0.328 e. The minimum absolute atomic E-state index is 0.108. The molecule has 2 aromatic carbocycles. The molecule has 0 radical (unpaired) electrons. The van der Waals surface area contributed by atoms with Crippen LogP contribution in [0.25, 0.3) is 10.8 Å². The molecule has 2 aromatic rings. The summed E-state index contributed by atoms with van der Waals surface area (Å²) in [6.07, 6.45) is 1.17. The first kappa shape index (κ1) is 10.7. The van der Waals surface area contributed by atoms with E-state index in [2.05, 4.69) is 0 Å². The van der Waals surface area contributed by atoms with E-state index in [0.29, 0.717) is 19.4 Å². The predicted molar refractivity (Wildman–Crippen MR) is 71.9 cm³/mol. The van der Waals surface area contributed by atoms with Gasteiger partial charge in [0.2, 0.25) is 5.91 Å².